The molecule has 2 rings (SSSR count). The van der Waals surface area contributed by atoms with Gasteiger partial charge in [-0.1, -0.05) is 6.92 Å². The number of anilines is 3. The van der Waals surface area contributed by atoms with Crippen LogP contribution in [-0.4, -0.2) is 27.0 Å². The molecule has 0 aliphatic carbocycles. The first-order valence-corrected chi connectivity index (χ1v) is 9.05. The minimum absolute atomic E-state index is 0.00843. The number of nitro groups is 1. The molecule has 10 heteroatoms. The van der Waals surface area contributed by atoms with Gasteiger partial charge in [-0.3, -0.25) is 19.7 Å². The molecular weight excluding hydrogens is 384 g/mol. The van der Waals surface area contributed by atoms with Crippen LogP contribution < -0.4 is 16.4 Å². The van der Waals surface area contributed by atoms with Crippen LogP contribution in [0.15, 0.2) is 48.5 Å². The number of nitrogens with zero attached hydrogens (tertiary/aromatic N) is 1. The molecule has 0 heterocycles. The lowest BCUT2D eigenvalue weighted by Gasteiger charge is -2.00. The number of nitrogens with two attached hydrogens (primary N) is 1. The van der Waals surface area contributed by atoms with Crippen LogP contribution in [0.25, 0.3) is 0 Å². The van der Waals surface area contributed by atoms with Gasteiger partial charge in [-0.25, -0.2) is 0 Å². The van der Waals surface area contributed by atoms with E-state index < -0.39 is 4.92 Å². The highest BCUT2D eigenvalue weighted by molar-refractivity contribution is 7.93. The van der Waals surface area contributed by atoms with E-state index in [1.165, 1.54) is 38.1 Å². The number of carbonyl (C=O) groups is 2. The van der Waals surface area contributed by atoms with E-state index in [2.05, 4.69) is 10.6 Å². The van der Waals surface area contributed by atoms with Crippen molar-refractivity contribution in [2.75, 3.05) is 22.1 Å². The first-order valence-electron chi connectivity index (χ1n) is 8.11. The molecule has 0 spiro atoms. The van der Waals surface area contributed by atoms with E-state index in [-0.39, 0.29) is 17.5 Å². The average Bonchev–Trinajstić information content (AvgIpc) is 2.64. The Morgan fingerprint density at radius 2 is 1.36 bits per heavy atom. The third-order valence-corrected chi connectivity index (χ3v) is 3.02. The Kier molecular flexibility index (Phi) is 12.5. The summed E-state index contributed by atoms with van der Waals surface area (Å²) in [5.41, 5.74) is 7.47. The van der Waals surface area contributed by atoms with Crippen molar-refractivity contribution in [3.05, 3.63) is 58.6 Å². The summed E-state index contributed by atoms with van der Waals surface area (Å²) < 4.78 is 7.79. The number of rotatable bonds is 4. The number of carbonyl (C=O) groups excluding carboxylic acids is 2. The molecule has 0 aromatic heterocycles. The van der Waals surface area contributed by atoms with Crippen LogP contribution in [0.3, 0.4) is 0 Å². The maximum Gasteiger partial charge on any atom is 0.269 e. The second-order valence-corrected chi connectivity index (χ2v) is 6.04. The van der Waals surface area contributed by atoms with Crippen LogP contribution in [0.1, 0.15) is 20.8 Å². The Balaban J connectivity index is 0.000000442. The molecule has 28 heavy (non-hydrogen) atoms. The number of amides is 2. The highest BCUT2D eigenvalue weighted by atomic mass is 32.2. The quantitative estimate of drug-likeness (QED) is 0.259. The summed E-state index contributed by atoms with van der Waals surface area (Å²) in [6.07, 6.45) is 0. The van der Waals surface area contributed by atoms with Crippen LogP contribution in [-0.2, 0) is 9.59 Å². The Morgan fingerprint density at radius 1 is 1.00 bits per heavy atom. The van der Waals surface area contributed by atoms with Gasteiger partial charge in [-0.15, -0.1) is 0 Å². The van der Waals surface area contributed by atoms with Gasteiger partial charge in [0, 0.05) is 48.8 Å². The Labute approximate surface area is 167 Å². The molecule has 0 saturated carbocycles. The summed E-state index contributed by atoms with van der Waals surface area (Å²) in [6, 6.07) is 12.7. The van der Waals surface area contributed by atoms with Gasteiger partial charge in [-0.2, -0.15) is 0 Å². The molecule has 5 N–H and O–H groups in total. The highest BCUT2D eigenvalue weighted by Crippen LogP contribution is 2.15. The van der Waals surface area contributed by atoms with E-state index in [1.807, 2.05) is 6.92 Å². The van der Waals surface area contributed by atoms with E-state index in [1.54, 1.807) is 24.3 Å². The molecule has 0 saturated heterocycles. The zero-order valence-corrected chi connectivity index (χ0v) is 16.7. The van der Waals surface area contributed by atoms with Crippen molar-refractivity contribution in [3.8, 4) is 0 Å². The van der Waals surface area contributed by atoms with Crippen molar-refractivity contribution in [3.63, 3.8) is 0 Å². The first-order chi connectivity index (χ1) is 13.2. The fourth-order valence-corrected chi connectivity index (χ4v) is 1.64. The lowest BCUT2D eigenvalue weighted by molar-refractivity contribution is -0.384. The van der Waals surface area contributed by atoms with Crippen LogP contribution in [0, 0.1) is 10.1 Å². The topological polar surface area (TPSA) is 148 Å². The van der Waals surface area contributed by atoms with Gasteiger partial charge in [0.1, 0.15) is 0 Å². The van der Waals surface area contributed by atoms with Gasteiger partial charge in [0.15, 0.2) is 0 Å². The summed E-state index contributed by atoms with van der Waals surface area (Å²) in [5.74, 6) is 0.517. The Bertz CT molecular complexity index is 750. The predicted octanol–water partition coefficient (Wildman–Crippen LogP) is 3.99. The standard InChI is InChI=1S/C8H8N2O3.C8H10N2O.C2H6OS/c1-6(11)9-7-2-4-8(5-3-7)10(12)13;1-6(11)10-8-4-2-7(9)3-5-8;1-2-4-3/h2-5H,1H3,(H,9,11);2-5H,9H2,1H3,(H,10,11);3H,2H2,1H3. The van der Waals surface area contributed by atoms with E-state index in [9.17, 15) is 19.7 Å². The number of benzene rings is 2. The molecule has 2 aromatic carbocycles. The SMILES string of the molecule is CC(=O)Nc1ccc(N)cc1.CC(=O)Nc1ccc([N+](=O)[O-])cc1.CCSO. The van der Waals surface area contributed by atoms with Crippen molar-refractivity contribution in [1.82, 2.24) is 0 Å². The molecule has 0 radical (unpaired) electrons. The molecule has 2 amide bonds. The summed E-state index contributed by atoms with van der Waals surface area (Å²) in [7, 11) is 0. The molecule has 9 nitrogen and oxygen atoms in total. The molecule has 0 atom stereocenters. The summed E-state index contributed by atoms with van der Waals surface area (Å²) in [6.45, 7) is 4.74. The molecule has 152 valence electrons. The zero-order chi connectivity index (χ0) is 21.5. The number of nitrogens with one attached hydrogen (secondary N) is 2. The van der Waals surface area contributed by atoms with Crippen molar-refractivity contribution in [2.45, 2.75) is 20.8 Å². The largest absolute Gasteiger partial charge is 0.399 e. The van der Waals surface area contributed by atoms with Crippen molar-refractivity contribution >= 4 is 46.6 Å². The van der Waals surface area contributed by atoms with Gasteiger partial charge in [0.2, 0.25) is 11.8 Å². The van der Waals surface area contributed by atoms with Gasteiger partial charge in [0.05, 0.1) is 4.92 Å². The number of non-ortho nitro benzene ring substituents is 1. The van der Waals surface area contributed by atoms with Gasteiger partial charge < -0.3 is 20.9 Å². The van der Waals surface area contributed by atoms with Crippen molar-refractivity contribution in [2.24, 2.45) is 0 Å². The lowest BCUT2D eigenvalue weighted by Crippen LogP contribution is -2.05. The number of nitro benzene ring substituents is 1. The summed E-state index contributed by atoms with van der Waals surface area (Å²) in [5, 5.41) is 15.4. The first kappa shape index (κ1) is 24.9. The van der Waals surface area contributed by atoms with Gasteiger partial charge in [-0.05, 0) is 48.4 Å². The van der Waals surface area contributed by atoms with Gasteiger partial charge >= 0.3 is 0 Å². The number of hydrogen-bond donors (Lipinski definition) is 4. The minimum Gasteiger partial charge on any atom is -0.399 e. The molecule has 0 fully saturated rings. The fraction of sp³-hybridized carbons (Fsp3) is 0.222. The van der Waals surface area contributed by atoms with E-state index in [0.29, 0.717) is 11.4 Å². The van der Waals surface area contributed by atoms with Crippen LogP contribution in [0.2, 0.25) is 0 Å². The average molecular weight is 408 g/mol. The third kappa shape index (κ3) is 12.3. The van der Waals surface area contributed by atoms with E-state index in [4.69, 9.17) is 10.3 Å². The van der Waals surface area contributed by atoms with Gasteiger partial charge in [0.25, 0.3) is 5.69 Å². The normalized spacial score (nSPS) is 9.00. The summed E-state index contributed by atoms with van der Waals surface area (Å²) in [4.78, 5) is 30.9. The molecule has 0 bridgehead atoms. The lowest BCUT2D eigenvalue weighted by atomic mass is 10.3. The minimum atomic E-state index is -0.489. The van der Waals surface area contributed by atoms with Crippen LogP contribution >= 0.6 is 12.0 Å². The number of nitrogen functional groups attached to an aromatic ring is 1. The maximum atomic E-state index is 10.6. The maximum absolute atomic E-state index is 10.6. The Morgan fingerprint density at radius 3 is 1.64 bits per heavy atom. The second-order valence-electron chi connectivity index (χ2n) is 5.21. The molecule has 0 aliphatic heterocycles. The van der Waals surface area contributed by atoms with Crippen molar-refractivity contribution in [1.29, 1.82) is 0 Å². The third-order valence-electron chi connectivity index (χ3n) is 2.76. The fourth-order valence-electron chi connectivity index (χ4n) is 1.64. The molecular formula is C18H24N4O5S. The van der Waals surface area contributed by atoms with E-state index in [0.717, 1.165) is 23.5 Å². The van der Waals surface area contributed by atoms with E-state index >= 15 is 0 Å². The molecule has 0 unspecified atom stereocenters. The summed E-state index contributed by atoms with van der Waals surface area (Å²) >= 11 is 0.856. The predicted molar refractivity (Wildman–Crippen MR) is 113 cm³/mol. The Hall–Kier alpha value is -3.11. The van der Waals surface area contributed by atoms with Crippen LogP contribution in [0.4, 0.5) is 22.7 Å². The zero-order valence-electron chi connectivity index (χ0n) is 15.8. The molecule has 2 aromatic rings. The number of hydrogen-bond acceptors (Lipinski definition) is 7. The monoisotopic (exact) mass is 408 g/mol. The molecule has 0 aliphatic rings. The second kappa shape index (κ2) is 14.0. The van der Waals surface area contributed by atoms with Crippen molar-refractivity contribution < 1.29 is 19.1 Å². The smallest absolute Gasteiger partial charge is 0.269 e. The van der Waals surface area contributed by atoms with Crippen LogP contribution in [0.5, 0.6) is 0 Å². The highest BCUT2D eigenvalue weighted by Gasteiger charge is 2.03.